The van der Waals surface area contributed by atoms with Crippen molar-refractivity contribution in [2.24, 2.45) is 0 Å². The number of aryl methyl sites for hydroxylation is 2. The molecule has 0 amide bonds. The van der Waals surface area contributed by atoms with E-state index in [-0.39, 0.29) is 0 Å². The SMILES string of the molecule is CC.CC.Cc1cc2oc3ccccc3c2cc1C. The van der Waals surface area contributed by atoms with E-state index >= 15 is 0 Å². The van der Waals surface area contributed by atoms with Crippen LogP contribution in [-0.4, -0.2) is 0 Å². The molecule has 3 aromatic rings. The number of benzene rings is 2. The molecule has 0 saturated carbocycles. The predicted molar refractivity (Wildman–Crippen MR) is 85.9 cm³/mol. The molecule has 102 valence electrons. The Hall–Kier alpha value is -1.76. The van der Waals surface area contributed by atoms with Crippen LogP contribution in [0.4, 0.5) is 0 Å². The van der Waals surface area contributed by atoms with Gasteiger partial charge < -0.3 is 4.42 Å². The maximum absolute atomic E-state index is 5.79. The van der Waals surface area contributed by atoms with Crippen molar-refractivity contribution in [2.45, 2.75) is 41.5 Å². The van der Waals surface area contributed by atoms with Gasteiger partial charge in [-0.25, -0.2) is 0 Å². The van der Waals surface area contributed by atoms with Crippen LogP contribution >= 0.6 is 0 Å². The van der Waals surface area contributed by atoms with Crippen molar-refractivity contribution >= 4 is 21.9 Å². The van der Waals surface area contributed by atoms with Crippen molar-refractivity contribution in [3.8, 4) is 0 Å². The highest BCUT2D eigenvalue weighted by atomic mass is 16.3. The third-order valence-electron chi connectivity index (χ3n) is 2.99. The Labute approximate surface area is 116 Å². The molecule has 0 saturated heterocycles. The summed E-state index contributed by atoms with van der Waals surface area (Å²) in [6.45, 7) is 12.2. The van der Waals surface area contributed by atoms with Gasteiger partial charge in [0.2, 0.25) is 0 Å². The molecule has 0 radical (unpaired) electrons. The molecule has 1 aromatic heterocycles. The van der Waals surface area contributed by atoms with E-state index < -0.39 is 0 Å². The van der Waals surface area contributed by atoms with Crippen LogP contribution in [0.1, 0.15) is 38.8 Å². The van der Waals surface area contributed by atoms with Crippen LogP contribution in [0.25, 0.3) is 21.9 Å². The maximum atomic E-state index is 5.79. The number of para-hydroxylation sites is 1. The van der Waals surface area contributed by atoms with Crippen LogP contribution < -0.4 is 0 Å². The molecule has 0 aliphatic heterocycles. The van der Waals surface area contributed by atoms with Gasteiger partial charge in [-0.05, 0) is 43.2 Å². The molecule has 0 N–H and O–H groups in total. The Balaban J connectivity index is 0.000000415. The Morgan fingerprint density at radius 2 is 1.26 bits per heavy atom. The second kappa shape index (κ2) is 6.98. The number of hydrogen-bond acceptors (Lipinski definition) is 1. The second-order valence-corrected chi connectivity index (χ2v) is 4.03. The smallest absolute Gasteiger partial charge is 0.135 e. The van der Waals surface area contributed by atoms with Gasteiger partial charge in [0.15, 0.2) is 0 Å². The quantitative estimate of drug-likeness (QED) is 0.463. The first-order valence-electron chi connectivity index (χ1n) is 7.14. The zero-order valence-electron chi connectivity index (χ0n) is 12.9. The minimum Gasteiger partial charge on any atom is -0.456 e. The predicted octanol–water partition coefficient (Wildman–Crippen LogP) is 6.26. The third-order valence-corrected chi connectivity index (χ3v) is 2.99. The van der Waals surface area contributed by atoms with Gasteiger partial charge in [-0.3, -0.25) is 0 Å². The van der Waals surface area contributed by atoms with Crippen molar-refractivity contribution in [2.75, 3.05) is 0 Å². The molecule has 3 rings (SSSR count). The summed E-state index contributed by atoms with van der Waals surface area (Å²) in [5.74, 6) is 0. The summed E-state index contributed by atoms with van der Waals surface area (Å²) >= 11 is 0. The number of hydrogen-bond donors (Lipinski definition) is 0. The van der Waals surface area contributed by atoms with Crippen molar-refractivity contribution in [1.29, 1.82) is 0 Å². The first kappa shape index (κ1) is 15.3. The van der Waals surface area contributed by atoms with Gasteiger partial charge in [-0.15, -0.1) is 0 Å². The monoisotopic (exact) mass is 256 g/mol. The lowest BCUT2D eigenvalue weighted by atomic mass is 10.1. The Kier molecular flexibility index (Phi) is 5.62. The number of furan rings is 1. The van der Waals surface area contributed by atoms with E-state index in [1.807, 2.05) is 45.9 Å². The van der Waals surface area contributed by atoms with Crippen LogP contribution in [0.15, 0.2) is 40.8 Å². The molecule has 0 spiro atoms. The van der Waals surface area contributed by atoms with E-state index in [2.05, 4.69) is 32.0 Å². The highest BCUT2D eigenvalue weighted by Gasteiger charge is 2.06. The molecule has 1 nitrogen and oxygen atoms in total. The van der Waals surface area contributed by atoms with E-state index in [4.69, 9.17) is 4.42 Å². The van der Waals surface area contributed by atoms with E-state index in [9.17, 15) is 0 Å². The fourth-order valence-corrected chi connectivity index (χ4v) is 1.98. The summed E-state index contributed by atoms with van der Waals surface area (Å²) in [5.41, 5.74) is 4.55. The molecule has 0 aliphatic carbocycles. The zero-order valence-corrected chi connectivity index (χ0v) is 12.9. The normalized spacial score (nSPS) is 9.58. The van der Waals surface area contributed by atoms with Gasteiger partial charge in [-0.1, -0.05) is 45.9 Å². The molecule has 1 heteroatoms. The molecular weight excluding hydrogens is 232 g/mol. The fraction of sp³-hybridized carbons (Fsp3) is 0.333. The summed E-state index contributed by atoms with van der Waals surface area (Å²) < 4.78 is 5.79. The van der Waals surface area contributed by atoms with Crippen LogP contribution in [0, 0.1) is 13.8 Å². The Bertz CT molecular complexity index is 647. The molecule has 1 heterocycles. The number of fused-ring (bicyclic) bond motifs is 3. The molecule has 0 unspecified atom stereocenters. The van der Waals surface area contributed by atoms with Gasteiger partial charge in [0.05, 0.1) is 0 Å². The summed E-state index contributed by atoms with van der Waals surface area (Å²) in [6.07, 6.45) is 0. The van der Waals surface area contributed by atoms with Crippen molar-refractivity contribution in [3.05, 3.63) is 47.5 Å². The minimum atomic E-state index is 0.970. The lowest BCUT2D eigenvalue weighted by molar-refractivity contribution is 0.668. The maximum Gasteiger partial charge on any atom is 0.135 e. The van der Waals surface area contributed by atoms with Crippen molar-refractivity contribution in [1.82, 2.24) is 0 Å². The fourth-order valence-electron chi connectivity index (χ4n) is 1.98. The average molecular weight is 256 g/mol. The Morgan fingerprint density at radius 3 is 1.95 bits per heavy atom. The first-order chi connectivity index (χ1) is 9.25. The minimum absolute atomic E-state index is 0.970. The molecule has 0 fully saturated rings. The molecule has 0 aliphatic rings. The van der Waals surface area contributed by atoms with Crippen molar-refractivity contribution < 1.29 is 4.42 Å². The van der Waals surface area contributed by atoms with Gasteiger partial charge in [0, 0.05) is 10.8 Å². The molecule has 0 atom stereocenters. The van der Waals surface area contributed by atoms with E-state index in [0.29, 0.717) is 0 Å². The van der Waals surface area contributed by atoms with Gasteiger partial charge in [0.1, 0.15) is 11.2 Å². The van der Waals surface area contributed by atoms with Crippen LogP contribution in [0.3, 0.4) is 0 Å². The zero-order chi connectivity index (χ0) is 14.4. The lowest BCUT2D eigenvalue weighted by Gasteiger charge is -1.97. The van der Waals surface area contributed by atoms with E-state index in [1.54, 1.807) is 0 Å². The lowest BCUT2D eigenvalue weighted by Crippen LogP contribution is -1.78. The largest absolute Gasteiger partial charge is 0.456 e. The van der Waals surface area contributed by atoms with Crippen LogP contribution in [0.5, 0.6) is 0 Å². The van der Waals surface area contributed by atoms with E-state index in [1.165, 1.54) is 21.9 Å². The molecule has 0 bridgehead atoms. The van der Waals surface area contributed by atoms with Crippen LogP contribution in [-0.2, 0) is 0 Å². The van der Waals surface area contributed by atoms with Gasteiger partial charge in [0.25, 0.3) is 0 Å². The molecule has 2 aromatic carbocycles. The van der Waals surface area contributed by atoms with Crippen LogP contribution in [0.2, 0.25) is 0 Å². The summed E-state index contributed by atoms with van der Waals surface area (Å²) in [5, 5.41) is 2.42. The van der Waals surface area contributed by atoms with E-state index in [0.717, 1.165) is 11.2 Å². The number of rotatable bonds is 0. The van der Waals surface area contributed by atoms with Crippen molar-refractivity contribution in [3.63, 3.8) is 0 Å². The third kappa shape index (κ3) is 2.98. The van der Waals surface area contributed by atoms with Gasteiger partial charge in [-0.2, -0.15) is 0 Å². The topological polar surface area (TPSA) is 13.1 Å². The summed E-state index contributed by atoms with van der Waals surface area (Å²) in [6, 6.07) is 12.5. The first-order valence-corrected chi connectivity index (χ1v) is 7.14. The Morgan fingerprint density at radius 1 is 0.684 bits per heavy atom. The summed E-state index contributed by atoms with van der Waals surface area (Å²) in [7, 11) is 0. The highest BCUT2D eigenvalue weighted by Crippen LogP contribution is 2.30. The standard InChI is InChI=1S/C14H12O.2C2H6/c1-9-7-12-11-5-3-4-6-13(11)15-14(12)8-10(9)2;2*1-2/h3-8H,1-2H3;2*1-2H3. The second-order valence-electron chi connectivity index (χ2n) is 4.03. The average Bonchev–Trinajstić information content (AvgIpc) is 2.82. The summed E-state index contributed by atoms with van der Waals surface area (Å²) in [4.78, 5) is 0. The molecule has 19 heavy (non-hydrogen) atoms. The highest BCUT2D eigenvalue weighted by molar-refractivity contribution is 6.05. The van der Waals surface area contributed by atoms with Gasteiger partial charge >= 0.3 is 0 Å². The molecular formula is C18H24O.